The minimum absolute atomic E-state index is 0.162. The van der Waals surface area contributed by atoms with E-state index < -0.39 is 20.7 Å². The van der Waals surface area contributed by atoms with Gasteiger partial charge < -0.3 is 10.5 Å². The zero-order valence-corrected chi connectivity index (χ0v) is 12.4. The highest BCUT2D eigenvalue weighted by Crippen LogP contribution is 2.27. The molecule has 0 heterocycles. The monoisotopic (exact) mass is 310 g/mol. The molecule has 5 nitrogen and oxygen atoms in total. The van der Waals surface area contributed by atoms with Crippen LogP contribution in [0.3, 0.4) is 0 Å². The van der Waals surface area contributed by atoms with E-state index in [-0.39, 0.29) is 5.69 Å². The Hall–Kier alpha value is -2.28. The van der Waals surface area contributed by atoms with Crippen LogP contribution < -0.4 is 14.8 Å². The van der Waals surface area contributed by atoms with Crippen molar-refractivity contribution in [2.45, 2.75) is 4.90 Å². The Labute approximate surface area is 122 Å². The molecule has 0 saturated heterocycles. The van der Waals surface area contributed by atoms with Crippen molar-refractivity contribution in [1.29, 1.82) is 0 Å². The molecule has 21 heavy (non-hydrogen) atoms. The predicted molar refractivity (Wildman–Crippen MR) is 79.4 cm³/mol. The number of hydrogen-bond acceptors (Lipinski definition) is 4. The second-order valence-corrected chi connectivity index (χ2v) is 6.30. The second-order valence-electron chi connectivity index (χ2n) is 4.36. The number of methoxy groups -OCH3 is 1. The van der Waals surface area contributed by atoms with Gasteiger partial charge in [-0.1, -0.05) is 6.07 Å². The van der Waals surface area contributed by atoms with Gasteiger partial charge in [0.15, 0.2) is 0 Å². The maximum absolute atomic E-state index is 13.9. The molecule has 0 aliphatic rings. The average Bonchev–Trinajstić information content (AvgIpc) is 2.46. The van der Waals surface area contributed by atoms with Crippen LogP contribution in [0.15, 0.2) is 47.4 Å². The predicted octanol–water partition coefficient (Wildman–Crippen LogP) is 2.24. The number of nitrogens with zero attached hydrogens (tertiary/aromatic N) is 1. The average molecular weight is 310 g/mol. The van der Waals surface area contributed by atoms with Gasteiger partial charge in [0.25, 0.3) is 10.0 Å². The maximum atomic E-state index is 13.9. The molecule has 0 fully saturated rings. The number of hydrogen-bond donors (Lipinski definition) is 1. The van der Waals surface area contributed by atoms with E-state index in [1.165, 1.54) is 20.2 Å². The number of ether oxygens (including phenoxy) is 1. The van der Waals surface area contributed by atoms with Crippen molar-refractivity contribution in [2.24, 2.45) is 0 Å². The summed E-state index contributed by atoms with van der Waals surface area (Å²) in [6, 6.07) is 9.95. The molecule has 0 bridgehead atoms. The Kier molecular flexibility index (Phi) is 4.04. The molecule has 2 aromatic carbocycles. The highest BCUT2D eigenvalue weighted by atomic mass is 32.2. The molecule has 2 rings (SSSR count). The Morgan fingerprint density at radius 2 is 1.90 bits per heavy atom. The van der Waals surface area contributed by atoms with E-state index in [0.29, 0.717) is 11.4 Å². The summed E-state index contributed by atoms with van der Waals surface area (Å²) in [7, 11) is -1.19. The molecular weight excluding hydrogens is 295 g/mol. The fourth-order valence-corrected chi connectivity index (χ4v) is 3.05. The molecular formula is C14H15FN2O3S. The number of halogens is 1. The fraction of sp³-hybridized carbons (Fsp3) is 0.143. The standard InChI is InChI=1S/C14H15FN2O3S/c1-17(11-4-3-5-12(9-11)20-2)21(18,19)14-7-6-10(16)8-13(14)15/h3-9H,16H2,1-2H3. The molecule has 0 amide bonds. The first kappa shape index (κ1) is 15.1. The normalized spacial score (nSPS) is 11.2. The van der Waals surface area contributed by atoms with Crippen LogP contribution in [0, 0.1) is 5.82 Å². The lowest BCUT2D eigenvalue weighted by Gasteiger charge is -2.20. The van der Waals surface area contributed by atoms with Crippen LogP contribution in [0.4, 0.5) is 15.8 Å². The van der Waals surface area contributed by atoms with E-state index in [0.717, 1.165) is 16.4 Å². The molecule has 0 radical (unpaired) electrons. The van der Waals surface area contributed by atoms with Gasteiger partial charge in [0.1, 0.15) is 16.5 Å². The summed E-state index contributed by atoms with van der Waals surface area (Å²) in [5.74, 6) is -0.378. The Morgan fingerprint density at radius 1 is 1.19 bits per heavy atom. The van der Waals surface area contributed by atoms with Gasteiger partial charge in [-0.05, 0) is 30.3 Å². The Balaban J connectivity index is 2.47. The maximum Gasteiger partial charge on any atom is 0.266 e. The number of nitrogen functional groups attached to an aromatic ring is 1. The summed E-state index contributed by atoms with van der Waals surface area (Å²) in [6.07, 6.45) is 0. The largest absolute Gasteiger partial charge is 0.497 e. The van der Waals surface area contributed by atoms with Crippen molar-refractivity contribution in [3.63, 3.8) is 0 Å². The number of anilines is 2. The topological polar surface area (TPSA) is 72.6 Å². The van der Waals surface area contributed by atoms with Crippen molar-refractivity contribution >= 4 is 21.4 Å². The Morgan fingerprint density at radius 3 is 2.52 bits per heavy atom. The Bertz CT molecular complexity index is 763. The summed E-state index contributed by atoms with van der Waals surface area (Å²) in [5, 5.41) is 0. The lowest BCUT2D eigenvalue weighted by atomic mass is 10.3. The van der Waals surface area contributed by atoms with Gasteiger partial charge in [0, 0.05) is 18.8 Å². The summed E-state index contributed by atoms with van der Waals surface area (Å²) in [6.45, 7) is 0. The highest BCUT2D eigenvalue weighted by molar-refractivity contribution is 7.92. The van der Waals surface area contributed by atoms with Crippen LogP contribution in [0.2, 0.25) is 0 Å². The quantitative estimate of drug-likeness (QED) is 0.879. The molecule has 112 valence electrons. The number of nitrogens with two attached hydrogens (primary N) is 1. The first-order valence-corrected chi connectivity index (χ1v) is 7.48. The number of rotatable bonds is 4. The smallest absolute Gasteiger partial charge is 0.266 e. The van der Waals surface area contributed by atoms with E-state index >= 15 is 0 Å². The van der Waals surface area contributed by atoms with Crippen molar-refractivity contribution in [3.05, 3.63) is 48.3 Å². The van der Waals surface area contributed by atoms with Crippen LogP contribution in [0.5, 0.6) is 5.75 Å². The van der Waals surface area contributed by atoms with E-state index in [1.54, 1.807) is 24.3 Å². The molecule has 0 saturated carbocycles. The van der Waals surface area contributed by atoms with Gasteiger partial charge in [-0.2, -0.15) is 0 Å². The molecule has 0 atom stereocenters. The molecule has 7 heteroatoms. The summed E-state index contributed by atoms with van der Waals surface area (Å²) >= 11 is 0. The van der Waals surface area contributed by atoms with Gasteiger partial charge in [-0.25, -0.2) is 12.8 Å². The summed E-state index contributed by atoms with van der Waals surface area (Å²) in [4.78, 5) is -0.429. The highest BCUT2D eigenvalue weighted by Gasteiger charge is 2.25. The molecule has 0 aromatic heterocycles. The van der Waals surface area contributed by atoms with Crippen molar-refractivity contribution in [1.82, 2.24) is 0 Å². The van der Waals surface area contributed by atoms with E-state index in [4.69, 9.17) is 10.5 Å². The van der Waals surface area contributed by atoms with E-state index in [1.807, 2.05) is 0 Å². The first-order chi connectivity index (χ1) is 9.86. The van der Waals surface area contributed by atoms with Crippen LogP contribution in [0.1, 0.15) is 0 Å². The number of sulfonamides is 1. The van der Waals surface area contributed by atoms with Gasteiger partial charge in [0.05, 0.1) is 12.8 Å². The van der Waals surface area contributed by atoms with Crippen molar-refractivity contribution in [3.8, 4) is 5.75 Å². The van der Waals surface area contributed by atoms with Gasteiger partial charge in [-0.15, -0.1) is 0 Å². The van der Waals surface area contributed by atoms with E-state index in [9.17, 15) is 12.8 Å². The zero-order chi connectivity index (χ0) is 15.6. The van der Waals surface area contributed by atoms with Gasteiger partial charge in [-0.3, -0.25) is 4.31 Å². The third-order valence-electron chi connectivity index (χ3n) is 3.01. The molecule has 0 aliphatic carbocycles. The van der Waals surface area contributed by atoms with Crippen molar-refractivity contribution in [2.75, 3.05) is 24.2 Å². The van der Waals surface area contributed by atoms with Gasteiger partial charge >= 0.3 is 0 Å². The third kappa shape index (κ3) is 2.92. The molecule has 0 unspecified atom stereocenters. The minimum Gasteiger partial charge on any atom is -0.497 e. The summed E-state index contributed by atoms with van der Waals surface area (Å²) in [5.41, 5.74) is 5.96. The van der Waals surface area contributed by atoms with E-state index in [2.05, 4.69) is 0 Å². The second kappa shape index (κ2) is 5.61. The molecule has 0 aliphatic heterocycles. The van der Waals surface area contributed by atoms with Crippen LogP contribution >= 0.6 is 0 Å². The molecule has 0 spiro atoms. The number of benzene rings is 2. The summed E-state index contributed by atoms with van der Waals surface area (Å²) < 4.78 is 44.8. The molecule has 2 N–H and O–H groups in total. The fourth-order valence-electron chi connectivity index (χ4n) is 1.82. The zero-order valence-electron chi connectivity index (χ0n) is 11.6. The third-order valence-corrected chi connectivity index (χ3v) is 4.83. The lowest BCUT2D eigenvalue weighted by molar-refractivity contribution is 0.415. The SMILES string of the molecule is COc1cccc(N(C)S(=O)(=O)c2ccc(N)cc2F)c1. The van der Waals surface area contributed by atoms with Crippen LogP contribution in [0.25, 0.3) is 0 Å². The molecule has 2 aromatic rings. The van der Waals surface area contributed by atoms with Crippen LogP contribution in [-0.4, -0.2) is 22.6 Å². The van der Waals surface area contributed by atoms with Crippen LogP contribution in [-0.2, 0) is 10.0 Å². The minimum atomic E-state index is -4.02. The lowest BCUT2D eigenvalue weighted by Crippen LogP contribution is -2.27. The first-order valence-electron chi connectivity index (χ1n) is 6.04. The van der Waals surface area contributed by atoms with Crippen molar-refractivity contribution < 1.29 is 17.5 Å². The van der Waals surface area contributed by atoms with Gasteiger partial charge in [0.2, 0.25) is 0 Å².